The molecule has 1 amide bonds. The molecule has 0 spiro atoms. The average Bonchev–Trinajstić information content (AvgIpc) is 2.72. The summed E-state index contributed by atoms with van der Waals surface area (Å²) in [4.78, 5) is 18.9. The SMILES string of the molecule is CCNC(=NCC1(N(C)C)CCOCC1)NCCc1cccc(C(=O)NC)c1.I. The number of benzene rings is 1. The fourth-order valence-electron chi connectivity index (χ4n) is 3.40. The molecule has 1 aliphatic rings. The van der Waals surface area contributed by atoms with E-state index in [0.717, 1.165) is 63.6 Å². The maximum atomic E-state index is 11.8. The van der Waals surface area contributed by atoms with E-state index in [0.29, 0.717) is 5.56 Å². The smallest absolute Gasteiger partial charge is 0.251 e. The van der Waals surface area contributed by atoms with Gasteiger partial charge in [0.1, 0.15) is 0 Å². The molecule has 29 heavy (non-hydrogen) atoms. The van der Waals surface area contributed by atoms with Crippen molar-refractivity contribution in [3.8, 4) is 0 Å². The number of carbonyl (C=O) groups excluding carboxylic acids is 1. The molecule has 1 heterocycles. The molecule has 0 aromatic heterocycles. The zero-order valence-corrected chi connectivity index (χ0v) is 20.4. The van der Waals surface area contributed by atoms with E-state index in [1.807, 2.05) is 24.3 Å². The van der Waals surface area contributed by atoms with Gasteiger partial charge in [-0.2, -0.15) is 0 Å². The normalized spacial score (nSPS) is 16.1. The maximum Gasteiger partial charge on any atom is 0.251 e. The van der Waals surface area contributed by atoms with Gasteiger partial charge in [-0.05, 0) is 58.0 Å². The third-order valence-corrected chi connectivity index (χ3v) is 5.37. The predicted molar refractivity (Wildman–Crippen MR) is 129 cm³/mol. The minimum absolute atomic E-state index is 0. The average molecular weight is 517 g/mol. The van der Waals surface area contributed by atoms with Crippen molar-refractivity contribution in [3.05, 3.63) is 35.4 Å². The Balaban J connectivity index is 0.00000420. The van der Waals surface area contributed by atoms with Gasteiger partial charge in [0.05, 0.1) is 6.54 Å². The van der Waals surface area contributed by atoms with E-state index in [1.54, 1.807) is 7.05 Å². The third kappa shape index (κ3) is 7.75. The van der Waals surface area contributed by atoms with Crippen LogP contribution in [0.2, 0.25) is 0 Å². The molecule has 0 unspecified atom stereocenters. The number of guanidine groups is 1. The molecule has 8 heteroatoms. The van der Waals surface area contributed by atoms with E-state index in [-0.39, 0.29) is 35.4 Å². The summed E-state index contributed by atoms with van der Waals surface area (Å²) in [6, 6.07) is 7.73. The second kappa shape index (κ2) is 13.0. The van der Waals surface area contributed by atoms with Crippen LogP contribution in [0, 0.1) is 0 Å². The Labute approximate surface area is 192 Å². The van der Waals surface area contributed by atoms with Crippen LogP contribution in [0.3, 0.4) is 0 Å². The van der Waals surface area contributed by atoms with E-state index in [2.05, 4.69) is 41.9 Å². The summed E-state index contributed by atoms with van der Waals surface area (Å²) in [6.07, 6.45) is 2.81. The number of carbonyl (C=O) groups is 1. The number of aliphatic imine (C=N–C) groups is 1. The van der Waals surface area contributed by atoms with Gasteiger partial charge in [-0.25, -0.2) is 0 Å². The van der Waals surface area contributed by atoms with Gasteiger partial charge in [0.2, 0.25) is 0 Å². The molecule has 164 valence electrons. The van der Waals surface area contributed by atoms with Crippen LogP contribution >= 0.6 is 24.0 Å². The molecule has 0 aliphatic carbocycles. The van der Waals surface area contributed by atoms with Crippen molar-refractivity contribution >= 4 is 35.8 Å². The summed E-state index contributed by atoms with van der Waals surface area (Å²) in [7, 11) is 5.90. The van der Waals surface area contributed by atoms with Crippen LogP contribution in [0.5, 0.6) is 0 Å². The minimum atomic E-state index is -0.0600. The zero-order valence-electron chi connectivity index (χ0n) is 18.1. The molecule has 1 saturated heterocycles. The number of amides is 1. The highest BCUT2D eigenvalue weighted by Gasteiger charge is 2.34. The number of rotatable bonds is 8. The van der Waals surface area contributed by atoms with Gasteiger partial charge >= 0.3 is 0 Å². The molecule has 1 aromatic rings. The molecule has 1 fully saturated rings. The topological polar surface area (TPSA) is 78.0 Å². The number of halogens is 1. The Morgan fingerprint density at radius 2 is 1.97 bits per heavy atom. The summed E-state index contributed by atoms with van der Waals surface area (Å²) in [5.41, 5.74) is 1.87. The van der Waals surface area contributed by atoms with E-state index >= 15 is 0 Å². The van der Waals surface area contributed by atoms with Gasteiger partial charge in [0, 0.05) is 44.5 Å². The maximum absolute atomic E-state index is 11.8. The molecular formula is C21H36IN5O2. The first-order chi connectivity index (χ1) is 13.5. The Bertz CT molecular complexity index is 660. The number of nitrogens with zero attached hydrogens (tertiary/aromatic N) is 2. The first kappa shape index (κ1) is 25.6. The van der Waals surface area contributed by atoms with Crippen molar-refractivity contribution in [3.63, 3.8) is 0 Å². The van der Waals surface area contributed by atoms with Crippen LogP contribution in [-0.2, 0) is 11.2 Å². The number of hydrogen-bond donors (Lipinski definition) is 3. The van der Waals surface area contributed by atoms with Gasteiger partial charge in [-0.1, -0.05) is 12.1 Å². The van der Waals surface area contributed by atoms with Crippen LogP contribution in [0.4, 0.5) is 0 Å². The summed E-state index contributed by atoms with van der Waals surface area (Å²) >= 11 is 0. The summed E-state index contributed by atoms with van der Waals surface area (Å²) < 4.78 is 5.54. The highest BCUT2D eigenvalue weighted by atomic mass is 127. The van der Waals surface area contributed by atoms with Crippen LogP contribution in [0.15, 0.2) is 29.3 Å². The lowest BCUT2D eigenvalue weighted by Crippen LogP contribution is -2.51. The first-order valence-corrected chi connectivity index (χ1v) is 10.1. The van der Waals surface area contributed by atoms with Crippen molar-refractivity contribution in [1.29, 1.82) is 0 Å². The molecule has 0 atom stereocenters. The van der Waals surface area contributed by atoms with Crippen molar-refractivity contribution < 1.29 is 9.53 Å². The number of ether oxygens (including phenoxy) is 1. The predicted octanol–water partition coefficient (Wildman–Crippen LogP) is 1.87. The number of likely N-dealkylation sites (N-methyl/N-ethyl adjacent to an activating group) is 1. The largest absolute Gasteiger partial charge is 0.381 e. The second-order valence-corrected chi connectivity index (χ2v) is 7.38. The van der Waals surface area contributed by atoms with E-state index in [9.17, 15) is 4.79 Å². The third-order valence-electron chi connectivity index (χ3n) is 5.37. The fraction of sp³-hybridized carbons (Fsp3) is 0.619. The van der Waals surface area contributed by atoms with Gasteiger partial charge in [0.25, 0.3) is 5.91 Å². The zero-order chi connectivity index (χ0) is 20.4. The molecule has 7 nitrogen and oxygen atoms in total. The fourth-order valence-corrected chi connectivity index (χ4v) is 3.40. The minimum Gasteiger partial charge on any atom is -0.381 e. The highest BCUT2D eigenvalue weighted by molar-refractivity contribution is 14.0. The Hall–Kier alpha value is -1.39. The summed E-state index contributed by atoms with van der Waals surface area (Å²) in [5, 5.41) is 9.41. The van der Waals surface area contributed by atoms with Crippen molar-refractivity contribution in [2.24, 2.45) is 4.99 Å². The molecule has 0 bridgehead atoms. The van der Waals surface area contributed by atoms with Gasteiger partial charge in [0.15, 0.2) is 5.96 Å². The first-order valence-electron chi connectivity index (χ1n) is 10.1. The van der Waals surface area contributed by atoms with Gasteiger partial charge < -0.3 is 25.6 Å². The van der Waals surface area contributed by atoms with Crippen LogP contribution in [0.25, 0.3) is 0 Å². The van der Waals surface area contributed by atoms with E-state index in [4.69, 9.17) is 9.73 Å². The Kier molecular flexibility index (Phi) is 11.5. The molecule has 3 N–H and O–H groups in total. The molecule has 1 aromatic carbocycles. The van der Waals surface area contributed by atoms with Gasteiger partial charge in [-0.15, -0.1) is 24.0 Å². The van der Waals surface area contributed by atoms with Crippen molar-refractivity contribution in [1.82, 2.24) is 20.9 Å². The van der Waals surface area contributed by atoms with Crippen LogP contribution < -0.4 is 16.0 Å². The number of nitrogens with one attached hydrogen (secondary N) is 3. The van der Waals surface area contributed by atoms with Gasteiger partial charge in [-0.3, -0.25) is 9.79 Å². The van der Waals surface area contributed by atoms with Crippen molar-refractivity contribution in [2.45, 2.75) is 31.7 Å². The molecule has 0 radical (unpaired) electrons. The molecular weight excluding hydrogens is 481 g/mol. The lowest BCUT2D eigenvalue weighted by Gasteiger charge is -2.41. The highest BCUT2D eigenvalue weighted by Crippen LogP contribution is 2.26. The summed E-state index contributed by atoms with van der Waals surface area (Å²) in [6.45, 7) is 5.96. The monoisotopic (exact) mass is 517 g/mol. The lowest BCUT2D eigenvalue weighted by molar-refractivity contribution is -0.00254. The lowest BCUT2D eigenvalue weighted by atomic mass is 9.89. The molecule has 1 aliphatic heterocycles. The molecule has 0 saturated carbocycles. The summed E-state index contributed by atoms with van der Waals surface area (Å²) in [5.74, 6) is 0.771. The quantitative estimate of drug-likeness (QED) is 0.279. The standard InChI is InChI=1S/C21H35N5O2.HI/c1-5-23-20(25-16-21(26(3)4)10-13-28-14-11-21)24-12-9-17-7-6-8-18(15-17)19(27)22-2;/h6-8,15H,5,9-14,16H2,1-4H3,(H,22,27)(H2,23,24,25);1H. The molecule has 2 rings (SSSR count). The second-order valence-electron chi connectivity index (χ2n) is 7.38. The Morgan fingerprint density at radius 3 is 2.59 bits per heavy atom. The van der Waals surface area contributed by atoms with Crippen LogP contribution in [-0.4, -0.2) is 76.3 Å². The van der Waals surface area contributed by atoms with E-state index < -0.39 is 0 Å². The van der Waals surface area contributed by atoms with Crippen molar-refractivity contribution in [2.75, 3.05) is 54.0 Å². The number of hydrogen-bond acceptors (Lipinski definition) is 4. The Morgan fingerprint density at radius 1 is 1.24 bits per heavy atom. The van der Waals surface area contributed by atoms with Crippen LogP contribution in [0.1, 0.15) is 35.7 Å². The van der Waals surface area contributed by atoms with E-state index in [1.165, 1.54) is 0 Å².